The molecule has 1 fully saturated rings. The Morgan fingerprint density at radius 2 is 1.66 bits per heavy atom. The van der Waals surface area contributed by atoms with E-state index in [1.165, 1.54) is 4.90 Å². The average Bonchev–Trinajstić information content (AvgIpc) is 2.99. The molecular weight excluding hydrogens is 432 g/mol. The number of anilines is 1. The second-order valence-corrected chi connectivity index (χ2v) is 7.64. The van der Waals surface area contributed by atoms with Crippen LogP contribution in [-0.2, 0) is 9.59 Å². The molecule has 1 N–H and O–H groups in total. The molecule has 6 heteroatoms. The van der Waals surface area contributed by atoms with Crippen LogP contribution in [0.25, 0.3) is 5.76 Å². The fraction of sp³-hybridized carbons (Fsp3) is 0.0870. The van der Waals surface area contributed by atoms with Gasteiger partial charge in [0.05, 0.1) is 11.6 Å². The summed E-state index contributed by atoms with van der Waals surface area (Å²) in [4.78, 5) is 31.8. The van der Waals surface area contributed by atoms with Crippen molar-refractivity contribution in [1.29, 1.82) is 0 Å². The smallest absolute Gasteiger partial charge is 0.301 e. The number of nitrogens with zero attached hydrogens (tertiary/aromatic N) is 2. The monoisotopic (exact) mass is 448 g/mol. The molecule has 1 atom stereocenters. The van der Waals surface area contributed by atoms with Gasteiger partial charge in [-0.15, -0.1) is 0 Å². The first-order valence-corrected chi connectivity index (χ1v) is 9.82. The zero-order valence-corrected chi connectivity index (χ0v) is 17.1. The summed E-state index contributed by atoms with van der Waals surface area (Å²) in [5.74, 6) is -1.28. The normalized spacial score (nSPS) is 18.3. The standard InChI is InChI=1S/C23H17BrN2O3/c1-14-6-5-9-18(25-14)26-20(15-10-12-17(24)13-11-15)19(22(28)23(26)29)21(27)16-7-3-2-4-8-16/h2-13,20,27H,1H3/t20-/m0/s1. The van der Waals surface area contributed by atoms with Crippen molar-refractivity contribution in [2.24, 2.45) is 0 Å². The molecule has 1 aliphatic rings. The molecule has 1 aliphatic heterocycles. The number of aryl methyl sites for hydroxylation is 1. The molecular formula is C23H17BrN2O3. The number of aliphatic hydroxyl groups excluding tert-OH is 1. The minimum Gasteiger partial charge on any atom is -0.507 e. The lowest BCUT2D eigenvalue weighted by Crippen LogP contribution is -2.30. The second kappa shape index (κ2) is 7.64. The van der Waals surface area contributed by atoms with E-state index in [0.29, 0.717) is 16.9 Å². The highest BCUT2D eigenvalue weighted by molar-refractivity contribution is 9.10. The van der Waals surface area contributed by atoms with Crippen molar-refractivity contribution in [2.75, 3.05) is 4.90 Å². The predicted molar refractivity (Wildman–Crippen MR) is 114 cm³/mol. The van der Waals surface area contributed by atoms with Gasteiger partial charge in [-0.2, -0.15) is 0 Å². The largest absolute Gasteiger partial charge is 0.507 e. The van der Waals surface area contributed by atoms with E-state index in [1.807, 2.05) is 43.3 Å². The molecule has 1 aromatic heterocycles. The van der Waals surface area contributed by atoms with Crippen molar-refractivity contribution in [3.63, 3.8) is 0 Å². The molecule has 5 nitrogen and oxygen atoms in total. The maximum atomic E-state index is 13.0. The van der Waals surface area contributed by atoms with Crippen molar-refractivity contribution in [3.8, 4) is 0 Å². The molecule has 4 rings (SSSR count). The van der Waals surface area contributed by atoms with Gasteiger partial charge in [0.25, 0.3) is 5.78 Å². The Morgan fingerprint density at radius 1 is 0.966 bits per heavy atom. The average molecular weight is 449 g/mol. The molecule has 0 aliphatic carbocycles. The third-order valence-corrected chi connectivity index (χ3v) is 5.33. The van der Waals surface area contributed by atoms with Crippen LogP contribution in [0.4, 0.5) is 5.82 Å². The van der Waals surface area contributed by atoms with Crippen LogP contribution in [-0.4, -0.2) is 21.8 Å². The van der Waals surface area contributed by atoms with Crippen LogP contribution in [0, 0.1) is 6.92 Å². The lowest BCUT2D eigenvalue weighted by molar-refractivity contribution is -0.132. The number of carbonyl (C=O) groups excluding carboxylic acids is 2. The minimum atomic E-state index is -0.780. The molecule has 29 heavy (non-hydrogen) atoms. The summed E-state index contributed by atoms with van der Waals surface area (Å²) in [6, 6.07) is 20.6. The first-order chi connectivity index (χ1) is 14.0. The van der Waals surface area contributed by atoms with Gasteiger partial charge < -0.3 is 5.11 Å². The van der Waals surface area contributed by atoms with E-state index in [1.54, 1.807) is 36.4 Å². The highest BCUT2D eigenvalue weighted by Crippen LogP contribution is 2.41. The van der Waals surface area contributed by atoms with E-state index in [0.717, 1.165) is 10.2 Å². The van der Waals surface area contributed by atoms with Gasteiger partial charge in [0, 0.05) is 15.7 Å². The van der Waals surface area contributed by atoms with Crippen LogP contribution >= 0.6 is 15.9 Å². The number of carbonyl (C=O) groups is 2. The summed E-state index contributed by atoms with van der Waals surface area (Å²) in [6.07, 6.45) is 0. The van der Waals surface area contributed by atoms with E-state index in [2.05, 4.69) is 20.9 Å². The molecule has 0 saturated carbocycles. The first kappa shape index (κ1) is 19.1. The number of rotatable bonds is 3. The number of halogens is 1. The Balaban J connectivity index is 1.96. The number of hydrogen-bond donors (Lipinski definition) is 1. The van der Waals surface area contributed by atoms with Crippen LogP contribution in [0.2, 0.25) is 0 Å². The Bertz CT molecular complexity index is 1120. The van der Waals surface area contributed by atoms with Crippen molar-refractivity contribution in [3.05, 3.63) is 99.7 Å². The molecule has 0 bridgehead atoms. The number of aromatic nitrogens is 1. The van der Waals surface area contributed by atoms with E-state index >= 15 is 0 Å². The van der Waals surface area contributed by atoms with Crippen molar-refractivity contribution >= 4 is 39.2 Å². The molecule has 0 spiro atoms. The molecule has 1 amide bonds. The summed E-state index contributed by atoms with van der Waals surface area (Å²) >= 11 is 3.41. The Hall–Kier alpha value is -3.25. The van der Waals surface area contributed by atoms with Crippen LogP contribution in [0.1, 0.15) is 22.9 Å². The third kappa shape index (κ3) is 3.47. The number of hydrogen-bond acceptors (Lipinski definition) is 4. The van der Waals surface area contributed by atoms with Crippen LogP contribution in [0.15, 0.2) is 82.8 Å². The van der Waals surface area contributed by atoms with E-state index in [9.17, 15) is 14.7 Å². The molecule has 3 aromatic rings. The van der Waals surface area contributed by atoms with Gasteiger partial charge in [-0.25, -0.2) is 4.98 Å². The van der Waals surface area contributed by atoms with E-state index in [-0.39, 0.29) is 11.3 Å². The number of pyridine rings is 1. The van der Waals surface area contributed by atoms with Gasteiger partial charge in [-0.05, 0) is 36.8 Å². The number of benzene rings is 2. The molecule has 2 aromatic carbocycles. The lowest BCUT2D eigenvalue weighted by atomic mass is 9.95. The number of aliphatic hydroxyl groups is 1. The maximum absolute atomic E-state index is 13.0. The van der Waals surface area contributed by atoms with Gasteiger partial charge in [-0.1, -0.05) is 64.5 Å². The lowest BCUT2D eigenvalue weighted by Gasteiger charge is -2.24. The topological polar surface area (TPSA) is 70.5 Å². The molecule has 144 valence electrons. The Kier molecular flexibility index (Phi) is 5.03. The fourth-order valence-electron chi connectivity index (χ4n) is 3.44. The van der Waals surface area contributed by atoms with Crippen LogP contribution < -0.4 is 4.90 Å². The molecule has 1 saturated heterocycles. The summed E-state index contributed by atoms with van der Waals surface area (Å²) in [5, 5.41) is 11.0. The summed E-state index contributed by atoms with van der Waals surface area (Å²) in [7, 11) is 0. The summed E-state index contributed by atoms with van der Waals surface area (Å²) < 4.78 is 0.870. The molecule has 0 unspecified atom stereocenters. The summed E-state index contributed by atoms with van der Waals surface area (Å²) in [5.41, 5.74) is 1.95. The van der Waals surface area contributed by atoms with Gasteiger partial charge in [0.15, 0.2) is 0 Å². The van der Waals surface area contributed by atoms with E-state index < -0.39 is 17.7 Å². The molecule has 2 heterocycles. The predicted octanol–water partition coefficient (Wildman–Crippen LogP) is 4.78. The highest BCUT2D eigenvalue weighted by atomic mass is 79.9. The van der Waals surface area contributed by atoms with Gasteiger partial charge >= 0.3 is 5.91 Å². The van der Waals surface area contributed by atoms with Gasteiger partial charge in [-0.3, -0.25) is 14.5 Å². The number of ketones is 1. The first-order valence-electron chi connectivity index (χ1n) is 9.03. The van der Waals surface area contributed by atoms with Crippen molar-refractivity contribution in [1.82, 2.24) is 4.98 Å². The fourth-order valence-corrected chi connectivity index (χ4v) is 3.71. The van der Waals surface area contributed by atoms with Crippen molar-refractivity contribution in [2.45, 2.75) is 13.0 Å². The highest BCUT2D eigenvalue weighted by Gasteiger charge is 2.47. The maximum Gasteiger partial charge on any atom is 0.301 e. The zero-order chi connectivity index (χ0) is 20.5. The van der Waals surface area contributed by atoms with Crippen LogP contribution in [0.3, 0.4) is 0 Å². The Morgan fingerprint density at radius 3 is 2.31 bits per heavy atom. The van der Waals surface area contributed by atoms with Gasteiger partial charge in [0.2, 0.25) is 0 Å². The third-order valence-electron chi connectivity index (χ3n) is 4.80. The zero-order valence-electron chi connectivity index (χ0n) is 15.5. The second-order valence-electron chi connectivity index (χ2n) is 6.72. The Labute approximate surface area is 176 Å². The number of amides is 1. The van der Waals surface area contributed by atoms with Crippen molar-refractivity contribution < 1.29 is 14.7 Å². The SMILES string of the molecule is Cc1cccc(N2C(=O)C(=O)C(=C(O)c3ccccc3)[C@@H]2c2ccc(Br)cc2)n1. The van der Waals surface area contributed by atoms with Crippen LogP contribution in [0.5, 0.6) is 0 Å². The molecule has 0 radical (unpaired) electrons. The summed E-state index contributed by atoms with van der Waals surface area (Å²) in [6.45, 7) is 1.82. The van der Waals surface area contributed by atoms with Gasteiger partial charge in [0.1, 0.15) is 11.6 Å². The number of Topliss-reactive ketones (excluding diaryl/α,β-unsaturated/α-hetero) is 1. The van der Waals surface area contributed by atoms with E-state index in [4.69, 9.17) is 0 Å². The minimum absolute atomic E-state index is 0.0480. The quantitative estimate of drug-likeness (QED) is 0.355.